The van der Waals surface area contributed by atoms with Crippen LogP contribution in [-0.2, 0) is 6.42 Å². The molecule has 3 aromatic rings. The topological polar surface area (TPSA) is 62.2 Å². The molecule has 0 aliphatic rings. The summed E-state index contributed by atoms with van der Waals surface area (Å²) in [6, 6.07) is 11.7. The number of hydrogen-bond acceptors (Lipinski definition) is 4. The van der Waals surface area contributed by atoms with Crippen LogP contribution in [0.1, 0.15) is 33.8 Å². The van der Waals surface area contributed by atoms with Gasteiger partial charge in [0.2, 0.25) is 0 Å². The van der Waals surface area contributed by atoms with E-state index < -0.39 is 6.10 Å². The van der Waals surface area contributed by atoms with E-state index in [1.807, 2.05) is 37.3 Å². The van der Waals surface area contributed by atoms with E-state index in [9.17, 15) is 9.90 Å². The van der Waals surface area contributed by atoms with Crippen molar-refractivity contribution in [2.24, 2.45) is 0 Å². The maximum atomic E-state index is 12.3. The lowest BCUT2D eigenvalue weighted by Crippen LogP contribution is -2.28. The smallest absolute Gasteiger partial charge is 0.251 e. The fraction of sp³-hybridized carbons (Fsp3) is 0.222. The van der Waals surface area contributed by atoms with Gasteiger partial charge >= 0.3 is 0 Å². The molecule has 2 aromatic heterocycles. The maximum absolute atomic E-state index is 12.3. The van der Waals surface area contributed by atoms with Crippen molar-refractivity contribution in [1.29, 1.82) is 0 Å². The molecule has 2 heterocycles. The van der Waals surface area contributed by atoms with Gasteiger partial charge in [-0.15, -0.1) is 11.3 Å². The summed E-state index contributed by atoms with van der Waals surface area (Å²) in [5.74, 6) is -0.176. The molecule has 0 spiro atoms. The van der Waals surface area contributed by atoms with Gasteiger partial charge in [-0.25, -0.2) is 0 Å². The molecule has 1 unspecified atom stereocenters. The van der Waals surface area contributed by atoms with Crippen molar-refractivity contribution in [2.75, 3.05) is 6.54 Å². The largest absolute Gasteiger partial charge is 0.386 e. The predicted molar refractivity (Wildman–Crippen MR) is 92.7 cm³/mol. The number of amides is 1. The van der Waals surface area contributed by atoms with E-state index in [0.29, 0.717) is 5.56 Å². The van der Waals surface area contributed by atoms with Gasteiger partial charge in [0.05, 0.1) is 0 Å². The molecular formula is C18H18N2O2S. The second-order valence-electron chi connectivity index (χ2n) is 5.30. The van der Waals surface area contributed by atoms with Crippen molar-refractivity contribution < 1.29 is 9.90 Å². The Kier molecular flexibility index (Phi) is 4.69. The van der Waals surface area contributed by atoms with Gasteiger partial charge in [-0.3, -0.25) is 9.78 Å². The predicted octanol–water partition coefficient (Wildman–Crippen LogP) is 3.32. The minimum absolute atomic E-state index is 0.176. The molecule has 1 aromatic carbocycles. The van der Waals surface area contributed by atoms with E-state index in [-0.39, 0.29) is 12.5 Å². The number of benzene rings is 1. The second-order valence-corrected chi connectivity index (χ2v) is 6.41. The van der Waals surface area contributed by atoms with Crippen molar-refractivity contribution in [1.82, 2.24) is 10.3 Å². The number of thiophene rings is 1. The van der Waals surface area contributed by atoms with Crippen LogP contribution in [0.3, 0.4) is 0 Å². The average molecular weight is 326 g/mol. The number of rotatable bonds is 5. The van der Waals surface area contributed by atoms with E-state index in [1.165, 1.54) is 0 Å². The minimum atomic E-state index is -0.705. The minimum Gasteiger partial charge on any atom is -0.386 e. The molecule has 5 heteroatoms. The summed E-state index contributed by atoms with van der Waals surface area (Å²) >= 11 is 1.55. The number of aliphatic hydroxyl groups excluding tert-OH is 1. The lowest BCUT2D eigenvalue weighted by atomic mass is 10.1. The van der Waals surface area contributed by atoms with Crippen molar-refractivity contribution in [3.63, 3.8) is 0 Å². The molecule has 2 N–H and O–H groups in total. The monoisotopic (exact) mass is 326 g/mol. The van der Waals surface area contributed by atoms with Crippen molar-refractivity contribution in [3.05, 3.63) is 64.8 Å². The molecule has 1 amide bonds. The van der Waals surface area contributed by atoms with Crippen molar-refractivity contribution in [2.45, 2.75) is 19.4 Å². The number of carbonyl (C=O) groups is 1. The van der Waals surface area contributed by atoms with Crippen molar-refractivity contribution in [3.8, 4) is 0 Å². The van der Waals surface area contributed by atoms with Crippen molar-refractivity contribution >= 4 is 27.3 Å². The maximum Gasteiger partial charge on any atom is 0.251 e. The Morgan fingerprint density at radius 3 is 2.96 bits per heavy atom. The Morgan fingerprint density at radius 1 is 1.35 bits per heavy atom. The molecule has 118 valence electrons. The lowest BCUT2D eigenvalue weighted by molar-refractivity contribution is 0.0917. The number of pyridine rings is 1. The summed E-state index contributed by atoms with van der Waals surface area (Å²) in [6.07, 6.45) is 3.35. The molecule has 0 radical (unpaired) electrons. The van der Waals surface area contributed by atoms with Crippen LogP contribution in [0.25, 0.3) is 10.1 Å². The Balaban J connectivity index is 1.68. The van der Waals surface area contributed by atoms with Crippen LogP contribution >= 0.6 is 11.3 Å². The van der Waals surface area contributed by atoms with E-state index in [4.69, 9.17) is 0 Å². The third-order valence-corrected chi connectivity index (χ3v) is 4.98. The van der Waals surface area contributed by atoms with Crippen LogP contribution in [0.15, 0.2) is 48.8 Å². The third-order valence-electron chi connectivity index (χ3n) is 3.76. The molecule has 1 atom stereocenters. The number of nitrogens with zero attached hydrogens (tertiary/aromatic N) is 1. The molecular weight excluding hydrogens is 308 g/mol. The summed E-state index contributed by atoms with van der Waals surface area (Å²) in [5, 5.41) is 14.2. The molecule has 0 saturated heterocycles. The van der Waals surface area contributed by atoms with Crippen LogP contribution < -0.4 is 5.32 Å². The van der Waals surface area contributed by atoms with E-state index >= 15 is 0 Å². The molecule has 0 aliphatic heterocycles. The molecule has 0 saturated carbocycles. The van der Waals surface area contributed by atoms with Crippen LogP contribution in [0, 0.1) is 0 Å². The van der Waals surface area contributed by atoms with Gasteiger partial charge in [-0.2, -0.15) is 0 Å². The lowest BCUT2D eigenvalue weighted by Gasteiger charge is -2.11. The van der Waals surface area contributed by atoms with E-state index in [0.717, 1.165) is 26.9 Å². The van der Waals surface area contributed by atoms with Gasteiger partial charge in [0.15, 0.2) is 0 Å². The number of hydrogen-bond donors (Lipinski definition) is 2. The molecule has 0 aliphatic carbocycles. The first-order valence-corrected chi connectivity index (χ1v) is 8.38. The molecule has 0 fully saturated rings. The number of aromatic nitrogens is 1. The highest BCUT2D eigenvalue weighted by molar-refractivity contribution is 7.19. The summed E-state index contributed by atoms with van der Waals surface area (Å²) in [4.78, 5) is 17.2. The zero-order chi connectivity index (χ0) is 16.2. The average Bonchev–Trinajstić information content (AvgIpc) is 3.03. The van der Waals surface area contributed by atoms with E-state index in [1.54, 1.807) is 29.8 Å². The number of aliphatic hydroxyl groups is 1. The van der Waals surface area contributed by atoms with Gasteiger partial charge in [-0.1, -0.05) is 25.1 Å². The summed E-state index contributed by atoms with van der Waals surface area (Å²) in [6.45, 7) is 2.18. The first-order valence-electron chi connectivity index (χ1n) is 7.56. The number of fused-ring (bicyclic) bond motifs is 1. The highest BCUT2D eigenvalue weighted by Gasteiger charge is 2.15. The molecule has 0 bridgehead atoms. The number of nitrogens with one attached hydrogen (secondary N) is 1. The first-order chi connectivity index (χ1) is 11.2. The van der Waals surface area contributed by atoms with Gasteiger partial charge < -0.3 is 10.4 Å². The summed E-state index contributed by atoms with van der Waals surface area (Å²) < 4.78 is 1.13. The van der Waals surface area contributed by atoms with Crippen LogP contribution in [0.5, 0.6) is 0 Å². The highest BCUT2D eigenvalue weighted by atomic mass is 32.1. The highest BCUT2D eigenvalue weighted by Crippen LogP contribution is 2.29. The van der Waals surface area contributed by atoms with Crippen LogP contribution in [-0.4, -0.2) is 22.5 Å². The molecule has 23 heavy (non-hydrogen) atoms. The Labute approximate surface area is 138 Å². The Hall–Kier alpha value is -2.24. The fourth-order valence-corrected chi connectivity index (χ4v) is 3.53. The zero-order valence-corrected chi connectivity index (χ0v) is 13.6. The normalized spacial score (nSPS) is 12.3. The van der Waals surface area contributed by atoms with Crippen LogP contribution in [0.4, 0.5) is 0 Å². The number of aryl methyl sites for hydroxylation is 1. The van der Waals surface area contributed by atoms with E-state index in [2.05, 4.69) is 10.3 Å². The number of carbonyl (C=O) groups excluding carboxylic acids is 1. The molecule has 4 nitrogen and oxygen atoms in total. The SMILES string of the molecule is CCc1cnccc1C(=O)NCC(O)c1cc2ccccc2s1. The first kappa shape index (κ1) is 15.6. The van der Waals surface area contributed by atoms with Gasteiger partial charge in [0, 0.05) is 34.1 Å². The van der Waals surface area contributed by atoms with Gasteiger partial charge in [0.25, 0.3) is 5.91 Å². The van der Waals surface area contributed by atoms with Crippen LogP contribution in [0.2, 0.25) is 0 Å². The Bertz CT molecular complexity index is 796. The van der Waals surface area contributed by atoms with Gasteiger partial charge in [-0.05, 0) is 35.6 Å². The standard InChI is InChI=1S/C18H18N2O2S/c1-2-12-10-19-8-7-14(12)18(22)20-11-15(21)17-9-13-5-3-4-6-16(13)23-17/h3-10,15,21H,2,11H2,1H3,(H,20,22). The van der Waals surface area contributed by atoms with Gasteiger partial charge in [0.1, 0.15) is 6.10 Å². The fourth-order valence-electron chi connectivity index (χ4n) is 2.48. The summed E-state index contributed by atoms with van der Waals surface area (Å²) in [7, 11) is 0. The quantitative estimate of drug-likeness (QED) is 0.756. The molecule has 3 rings (SSSR count). The zero-order valence-electron chi connectivity index (χ0n) is 12.8. The third kappa shape index (κ3) is 3.41. The summed E-state index contributed by atoms with van der Waals surface area (Å²) in [5.41, 5.74) is 1.52. The second kappa shape index (κ2) is 6.89. The Morgan fingerprint density at radius 2 is 2.17 bits per heavy atom.